The lowest BCUT2D eigenvalue weighted by Crippen LogP contribution is -2.30. The van der Waals surface area contributed by atoms with Crippen molar-refractivity contribution in [2.75, 3.05) is 6.54 Å². The van der Waals surface area contributed by atoms with Crippen LogP contribution in [0.2, 0.25) is 0 Å². The van der Waals surface area contributed by atoms with E-state index in [1.54, 1.807) is 4.90 Å². The van der Waals surface area contributed by atoms with Crippen molar-refractivity contribution in [2.24, 2.45) is 0 Å². The molecule has 20 heavy (non-hydrogen) atoms. The van der Waals surface area contributed by atoms with Gasteiger partial charge in [-0.2, -0.15) is 4.98 Å². The van der Waals surface area contributed by atoms with Gasteiger partial charge in [-0.15, -0.1) is 5.10 Å². The predicted octanol–water partition coefficient (Wildman–Crippen LogP) is 1.78. The third-order valence-electron chi connectivity index (χ3n) is 3.77. The van der Waals surface area contributed by atoms with Crippen LogP contribution < -0.4 is 0 Å². The number of hydrogen-bond donors (Lipinski definition) is 0. The largest absolute Gasteiger partial charge is 0.339 e. The highest BCUT2D eigenvalue weighted by Gasteiger charge is 2.36. The van der Waals surface area contributed by atoms with E-state index in [9.17, 15) is 4.79 Å². The third kappa shape index (κ3) is 2.00. The van der Waals surface area contributed by atoms with Gasteiger partial charge in [-0.25, -0.2) is 0 Å². The summed E-state index contributed by atoms with van der Waals surface area (Å²) in [5.74, 6) is 1.75. The summed E-state index contributed by atoms with van der Waals surface area (Å²) >= 11 is 1.12. The topological polar surface area (TPSA) is 85.0 Å². The average Bonchev–Trinajstić information content (AvgIpc) is 2.97. The fourth-order valence-electron chi connectivity index (χ4n) is 2.56. The first-order valence-corrected chi connectivity index (χ1v) is 7.52. The predicted molar refractivity (Wildman–Crippen MR) is 69.2 cm³/mol. The van der Waals surface area contributed by atoms with Crippen LogP contribution in [-0.2, 0) is 0 Å². The van der Waals surface area contributed by atoms with Gasteiger partial charge in [0, 0.05) is 12.5 Å². The first-order valence-electron chi connectivity index (χ1n) is 6.75. The van der Waals surface area contributed by atoms with E-state index >= 15 is 0 Å². The summed E-state index contributed by atoms with van der Waals surface area (Å²) in [6.07, 6.45) is 5.59. The fourth-order valence-corrected chi connectivity index (χ4v) is 3.03. The molecule has 1 aliphatic carbocycles. The third-order valence-corrected chi connectivity index (χ3v) is 4.42. The van der Waals surface area contributed by atoms with E-state index in [4.69, 9.17) is 4.52 Å². The van der Waals surface area contributed by atoms with Gasteiger partial charge in [0.15, 0.2) is 5.82 Å². The van der Waals surface area contributed by atoms with Crippen LogP contribution in [0.1, 0.15) is 59.0 Å². The highest BCUT2D eigenvalue weighted by Crippen LogP contribution is 2.40. The summed E-state index contributed by atoms with van der Waals surface area (Å²) in [6, 6.07) is -0.0825. The van der Waals surface area contributed by atoms with Gasteiger partial charge in [-0.1, -0.05) is 9.64 Å². The van der Waals surface area contributed by atoms with Crippen LogP contribution in [0.5, 0.6) is 0 Å². The lowest BCUT2D eigenvalue weighted by atomic mass is 10.2. The molecule has 1 saturated heterocycles. The van der Waals surface area contributed by atoms with Gasteiger partial charge in [0.1, 0.15) is 4.88 Å². The van der Waals surface area contributed by atoms with Crippen LogP contribution in [0, 0.1) is 0 Å². The molecule has 1 atom stereocenters. The molecule has 2 aromatic heterocycles. The molecule has 4 rings (SSSR count). The summed E-state index contributed by atoms with van der Waals surface area (Å²) in [5, 5.41) is 7.78. The van der Waals surface area contributed by atoms with E-state index in [2.05, 4.69) is 19.7 Å². The van der Waals surface area contributed by atoms with Gasteiger partial charge in [0.05, 0.1) is 12.2 Å². The Balaban J connectivity index is 1.58. The van der Waals surface area contributed by atoms with E-state index in [1.165, 1.54) is 6.20 Å². The van der Waals surface area contributed by atoms with Crippen molar-refractivity contribution in [2.45, 2.75) is 37.6 Å². The molecule has 2 aliphatic rings. The Labute approximate surface area is 119 Å². The number of hydrogen-bond acceptors (Lipinski definition) is 7. The Morgan fingerprint density at radius 1 is 1.40 bits per heavy atom. The van der Waals surface area contributed by atoms with Crippen LogP contribution in [0.15, 0.2) is 10.7 Å². The minimum absolute atomic E-state index is 0.0414. The van der Waals surface area contributed by atoms with Gasteiger partial charge >= 0.3 is 0 Å². The van der Waals surface area contributed by atoms with Crippen molar-refractivity contribution in [3.8, 4) is 0 Å². The molecule has 7 nitrogen and oxygen atoms in total. The van der Waals surface area contributed by atoms with E-state index in [-0.39, 0.29) is 11.9 Å². The molecule has 1 aliphatic heterocycles. The van der Waals surface area contributed by atoms with Crippen molar-refractivity contribution in [3.05, 3.63) is 22.8 Å². The summed E-state index contributed by atoms with van der Waals surface area (Å²) in [7, 11) is 0. The first-order chi connectivity index (χ1) is 9.83. The second-order valence-electron chi connectivity index (χ2n) is 5.20. The summed E-state index contributed by atoms with van der Waals surface area (Å²) in [4.78, 5) is 19.2. The van der Waals surface area contributed by atoms with Crippen LogP contribution in [0.3, 0.4) is 0 Å². The molecule has 0 unspecified atom stereocenters. The second-order valence-corrected chi connectivity index (χ2v) is 5.99. The monoisotopic (exact) mass is 291 g/mol. The molecule has 0 radical (unpaired) electrons. The van der Waals surface area contributed by atoms with E-state index < -0.39 is 0 Å². The maximum absolute atomic E-state index is 12.4. The highest BCUT2D eigenvalue weighted by molar-refractivity contribution is 7.07. The zero-order valence-corrected chi connectivity index (χ0v) is 11.5. The van der Waals surface area contributed by atoms with E-state index in [0.29, 0.717) is 23.2 Å². The van der Waals surface area contributed by atoms with Crippen LogP contribution >= 0.6 is 11.5 Å². The summed E-state index contributed by atoms with van der Waals surface area (Å²) in [5.41, 5.74) is 0. The Morgan fingerprint density at radius 3 is 3.05 bits per heavy atom. The molecule has 0 N–H and O–H groups in total. The van der Waals surface area contributed by atoms with Gasteiger partial charge in [0.25, 0.3) is 5.91 Å². The number of nitrogens with zero attached hydrogens (tertiary/aromatic N) is 5. The number of carbonyl (C=O) groups is 1. The van der Waals surface area contributed by atoms with Crippen molar-refractivity contribution in [1.29, 1.82) is 0 Å². The van der Waals surface area contributed by atoms with E-state index in [0.717, 1.165) is 43.1 Å². The zero-order valence-electron chi connectivity index (χ0n) is 10.7. The van der Waals surface area contributed by atoms with Crippen LogP contribution in [0.4, 0.5) is 0 Å². The van der Waals surface area contributed by atoms with Gasteiger partial charge in [0.2, 0.25) is 5.89 Å². The van der Waals surface area contributed by atoms with Gasteiger partial charge < -0.3 is 9.42 Å². The molecule has 0 spiro atoms. The molecular formula is C12H13N5O2S. The molecule has 2 aromatic rings. The van der Waals surface area contributed by atoms with Crippen molar-refractivity contribution in [3.63, 3.8) is 0 Å². The quantitative estimate of drug-likeness (QED) is 0.857. The maximum Gasteiger partial charge on any atom is 0.267 e. The van der Waals surface area contributed by atoms with Gasteiger partial charge in [-0.05, 0) is 37.2 Å². The van der Waals surface area contributed by atoms with Crippen molar-refractivity contribution >= 4 is 17.4 Å². The minimum Gasteiger partial charge on any atom is -0.339 e. The first kappa shape index (κ1) is 12.0. The Bertz CT molecular complexity index is 622. The highest BCUT2D eigenvalue weighted by atomic mass is 32.1. The standard InChI is InChI=1S/C12H13N5O2S/c18-12(9-6-13-16-20-9)17-5-1-2-8(17)10-14-11(19-15-10)7-3-4-7/h6-8H,1-5H2/t8-/m0/s1. The van der Waals surface area contributed by atoms with Crippen LogP contribution in [0.25, 0.3) is 0 Å². The number of aromatic nitrogens is 4. The Morgan fingerprint density at radius 2 is 2.30 bits per heavy atom. The Kier molecular flexibility index (Phi) is 2.76. The lowest BCUT2D eigenvalue weighted by molar-refractivity contribution is 0.0733. The van der Waals surface area contributed by atoms with Crippen molar-refractivity contribution < 1.29 is 9.32 Å². The van der Waals surface area contributed by atoms with Crippen LogP contribution in [-0.4, -0.2) is 37.1 Å². The number of rotatable bonds is 3. The normalized spacial score (nSPS) is 22.4. The second kappa shape index (κ2) is 4.62. The molecule has 8 heteroatoms. The maximum atomic E-state index is 12.4. The number of carbonyl (C=O) groups excluding carboxylic acids is 1. The molecule has 3 heterocycles. The summed E-state index contributed by atoms with van der Waals surface area (Å²) in [6.45, 7) is 0.717. The smallest absolute Gasteiger partial charge is 0.267 e. The van der Waals surface area contributed by atoms with Gasteiger partial charge in [-0.3, -0.25) is 4.79 Å². The summed E-state index contributed by atoms with van der Waals surface area (Å²) < 4.78 is 9.04. The molecule has 2 fully saturated rings. The molecule has 0 bridgehead atoms. The molecule has 0 aromatic carbocycles. The lowest BCUT2D eigenvalue weighted by Gasteiger charge is -2.20. The van der Waals surface area contributed by atoms with Crippen molar-refractivity contribution in [1.82, 2.24) is 24.6 Å². The Hall–Kier alpha value is -1.83. The zero-order chi connectivity index (χ0) is 13.5. The molecular weight excluding hydrogens is 278 g/mol. The SMILES string of the molecule is O=C(c1cnns1)N1CCC[C@H]1c1noc(C2CC2)n1. The van der Waals surface area contributed by atoms with E-state index in [1.807, 2.05) is 0 Å². The number of likely N-dealkylation sites (tertiary alicyclic amines) is 1. The molecule has 1 saturated carbocycles. The minimum atomic E-state index is -0.0825. The average molecular weight is 291 g/mol. The fraction of sp³-hybridized carbons (Fsp3) is 0.583. The molecule has 104 valence electrons. The molecule has 1 amide bonds. The number of amides is 1.